The van der Waals surface area contributed by atoms with Gasteiger partial charge in [0.15, 0.2) is 0 Å². The molecule has 2 aliphatic rings. The number of nitrogens with one attached hydrogen (secondary N) is 2. The van der Waals surface area contributed by atoms with E-state index in [-0.39, 0.29) is 11.9 Å². The van der Waals surface area contributed by atoms with Crippen LogP contribution in [0.25, 0.3) is 0 Å². The van der Waals surface area contributed by atoms with E-state index >= 15 is 0 Å². The van der Waals surface area contributed by atoms with Gasteiger partial charge in [0.25, 0.3) is 0 Å². The quantitative estimate of drug-likeness (QED) is 0.657. The highest BCUT2D eigenvalue weighted by atomic mass is 16.4. The molecule has 2 saturated carbocycles. The van der Waals surface area contributed by atoms with Gasteiger partial charge in [-0.25, -0.2) is 0 Å². The summed E-state index contributed by atoms with van der Waals surface area (Å²) in [7, 11) is 0. The Kier molecular flexibility index (Phi) is 3.90. The lowest BCUT2D eigenvalue weighted by Gasteiger charge is -2.27. The monoisotopic (exact) mass is 254 g/mol. The normalized spacial score (nSPS) is 31.3. The number of carboxylic acid groups (broad SMARTS) is 1. The van der Waals surface area contributed by atoms with Gasteiger partial charge in [0.05, 0.1) is 5.41 Å². The molecule has 2 fully saturated rings. The highest BCUT2D eigenvalue weighted by Crippen LogP contribution is 2.38. The SMILES string of the molecule is CC1(C(=O)O)CCCC1NC(=O)CCNC1CC1. The van der Waals surface area contributed by atoms with Crippen molar-refractivity contribution in [2.45, 2.75) is 57.5 Å². The zero-order valence-corrected chi connectivity index (χ0v) is 10.9. The number of carbonyl (C=O) groups excluding carboxylic acids is 1. The molecule has 0 aliphatic heterocycles. The van der Waals surface area contributed by atoms with Crippen molar-refractivity contribution in [2.24, 2.45) is 5.41 Å². The minimum absolute atomic E-state index is 0.0393. The van der Waals surface area contributed by atoms with Crippen LogP contribution >= 0.6 is 0 Å². The molecule has 0 heterocycles. The Morgan fingerprint density at radius 1 is 1.33 bits per heavy atom. The van der Waals surface area contributed by atoms with Gasteiger partial charge >= 0.3 is 5.97 Å². The van der Waals surface area contributed by atoms with E-state index in [1.807, 2.05) is 0 Å². The summed E-state index contributed by atoms with van der Waals surface area (Å²) < 4.78 is 0. The van der Waals surface area contributed by atoms with Gasteiger partial charge in [-0.1, -0.05) is 6.42 Å². The third-order valence-corrected chi connectivity index (χ3v) is 4.14. The van der Waals surface area contributed by atoms with Crippen molar-refractivity contribution in [1.29, 1.82) is 0 Å². The molecular formula is C13H22N2O3. The Hall–Kier alpha value is -1.10. The fraction of sp³-hybridized carbons (Fsp3) is 0.846. The van der Waals surface area contributed by atoms with Crippen LogP contribution < -0.4 is 10.6 Å². The number of amides is 1. The van der Waals surface area contributed by atoms with Crippen molar-refractivity contribution < 1.29 is 14.7 Å². The second kappa shape index (κ2) is 5.26. The van der Waals surface area contributed by atoms with E-state index in [9.17, 15) is 14.7 Å². The van der Waals surface area contributed by atoms with Crippen LogP contribution in [0, 0.1) is 5.41 Å². The van der Waals surface area contributed by atoms with Crippen LogP contribution in [-0.4, -0.2) is 35.6 Å². The molecule has 0 radical (unpaired) electrons. The lowest BCUT2D eigenvalue weighted by atomic mass is 9.85. The van der Waals surface area contributed by atoms with E-state index in [0.29, 0.717) is 25.4 Å². The third-order valence-electron chi connectivity index (χ3n) is 4.14. The Morgan fingerprint density at radius 3 is 2.67 bits per heavy atom. The summed E-state index contributed by atoms with van der Waals surface area (Å²) in [5.74, 6) is -0.844. The molecule has 102 valence electrons. The van der Waals surface area contributed by atoms with Gasteiger partial charge in [-0.15, -0.1) is 0 Å². The molecule has 0 aromatic rings. The fourth-order valence-corrected chi connectivity index (χ4v) is 2.60. The molecule has 3 N–H and O–H groups in total. The summed E-state index contributed by atoms with van der Waals surface area (Å²) in [6, 6.07) is 0.386. The van der Waals surface area contributed by atoms with E-state index in [4.69, 9.17) is 0 Å². The van der Waals surface area contributed by atoms with Gasteiger partial charge in [-0.3, -0.25) is 9.59 Å². The molecule has 0 spiro atoms. The number of hydrogen-bond donors (Lipinski definition) is 3. The number of carboxylic acids is 1. The van der Waals surface area contributed by atoms with E-state index < -0.39 is 11.4 Å². The van der Waals surface area contributed by atoms with Gasteiger partial charge in [-0.2, -0.15) is 0 Å². The Labute approximate surface area is 107 Å². The largest absolute Gasteiger partial charge is 0.481 e. The van der Waals surface area contributed by atoms with Crippen LogP contribution in [-0.2, 0) is 9.59 Å². The predicted octanol–water partition coefficient (Wildman–Crippen LogP) is 0.888. The maximum Gasteiger partial charge on any atom is 0.311 e. The maximum absolute atomic E-state index is 11.8. The first-order chi connectivity index (χ1) is 8.52. The Balaban J connectivity index is 1.76. The topological polar surface area (TPSA) is 78.4 Å². The lowest BCUT2D eigenvalue weighted by molar-refractivity contribution is -0.149. The smallest absolute Gasteiger partial charge is 0.311 e. The zero-order chi connectivity index (χ0) is 13.2. The van der Waals surface area contributed by atoms with E-state index in [2.05, 4.69) is 10.6 Å². The van der Waals surface area contributed by atoms with Gasteiger partial charge < -0.3 is 15.7 Å². The number of carbonyl (C=O) groups is 2. The van der Waals surface area contributed by atoms with Crippen molar-refractivity contribution in [3.8, 4) is 0 Å². The molecule has 0 aromatic carbocycles. The van der Waals surface area contributed by atoms with E-state index in [0.717, 1.165) is 12.8 Å². The molecular weight excluding hydrogens is 232 g/mol. The van der Waals surface area contributed by atoms with Crippen LogP contribution in [0.4, 0.5) is 0 Å². The van der Waals surface area contributed by atoms with Crippen molar-refractivity contribution in [2.75, 3.05) is 6.54 Å². The Morgan fingerprint density at radius 2 is 2.06 bits per heavy atom. The molecule has 2 unspecified atom stereocenters. The molecule has 2 aliphatic carbocycles. The van der Waals surface area contributed by atoms with Crippen LogP contribution in [0.2, 0.25) is 0 Å². The number of rotatable bonds is 6. The summed E-state index contributed by atoms with van der Waals surface area (Å²) in [6.45, 7) is 2.42. The lowest BCUT2D eigenvalue weighted by Crippen LogP contribution is -2.47. The maximum atomic E-state index is 11.8. The minimum Gasteiger partial charge on any atom is -0.481 e. The van der Waals surface area contributed by atoms with Crippen molar-refractivity contribution in [3.63, 3.8) is 0 Å². The second-order valence-corrected chi connectivity index (χ2v) is 5.71. The molecule has 0 saturated heterocycles. The predicted molar refractivity (Wildman–Crippen MR) is 67.2 cm³/mol. The van der Waals surface area contributed by atoms with Gasteiger partial charge in [0.2, 0.25) is 5.91 Å². The average molecular weight is 254 g/mol. The summed E-state index contributed by atoms with van der Waals surface area (Å²) >= 11 is 0. The molecule has 5 nitrogen and oxygen atoms in total. The standard InChI is InChI=1S/C13H22N2O3/c1-13(12(17)18)7-2-3-10(13)15-11(16)6-8-14-9-4-5-9/h9-10,14H,2-8H2,1H3,(H,15,16)(H,17,18). The van der Waals surface area contributed by atoms with Crippen molar-refractivity contribution in [3.05, 3.63) is 0 Å². The molecule has 0 bridgehead atoms. The molecule has 5 heteroatoms. The van der Waals surface area contributed by atoms with Crippen molar-refractivity contribution >= 4 is 11.9 Å². The van der Waals surface area contributed by atoms with Gasteiger partial charge in [-0.05, 0) is 32.6 Å². The van der Waals surface area contributed by atoms with Crippen LogP contribution in [0.3, 0.4) is 0 Å². The molecule has 2 rings (SSSR count). The summed E-state index contributed by atoms with van der Waals surface area (Å²) in [4.78, 5) is 23.0. The van der Waals surface area contributed by atoms with Crippen LogP contribution in [0.15, 0.2) is 0 Å². The number of hydrogen-bond acceptors (Lipinski definition) is 3. The third kappa shape index (κ3) is 3.02. The van der Waals surface area contributed by atoms with Crippen LogP contribution in [0.1, 0.15) is 45.4 Å². The fourth-order valence-electron chi connectivity index (χ4n) is 2.60. The first-order valence-corrected chi connectivity index (χ1v) is 6.78. The molecule has 1 amide bonds. The van der Waals surface area contributed by atoms with Gasteiger partial charge in [0, 0.05) is 25.0 Å². The first-order valence-electron chi connectivity index (χ1n) is 6.78. The van der Waals surface area contributed by atoms with Crippen molar-refractivity contribution in [1.82, 2.24) is 10.6 Å². The van der Waals surface area contributed by atoms with Crippen LogP contribution in [0.5, 0.6) is 0 Å². The highest BCUT2D eigenvalue weighted by Gasteiger charge is 2.45. The molecule has 2 atom stereocenters. The zero-order valence-electron chi connectivity index (χ0n) is 10.9. The average Bonchev–Trinajstić information content (AvgIpc) is 3.04. The minimum atomic E-state index is -0.804. The molecule has 18 heavy (non-hydrogen) atoms. The van der Waals surface area contributed by atoms with E-state index in [1.54, 1.807) is 6.92 Å². The second-order valence-electron chi connectivity index (χ2n) is 5.71. The summed E-state index contributed by atoms with van der Waals surface area (Å²) in [5.41, 5.74) is -0.792. The van der Waals surface area contributed by atoms with Gasteiger partial charge in [0.1, 0.15) is 0 Å². The highest BCUT2D eigenvalue weighted by molar-refractivity contribution is 5.80. The summed E-state index contributed by atoms with van der Waals surface area (Å²) in [6.07, 6.45) is 5.14. The van der Waals surface area contributed by atoms with E-state index in [1.165, 1.54) is 12.8 Å². The summed E-state index contributed by atoms with van der Waals surface area (Å²) in [5, 5.41) is 15.4. The molecule has 0 aromatic heterocycles. The first kappa shape index (κ1) is 13.3. The number of aliphatic carboxylic acids is 1. The Bertz CT molecular complexity index is 341.